The fraction of sp³-hybridized carbons (Fsp3) is 0.438. The van der Waals surface area contributed by atoms with Crippen LogP contribution in [0.25, 0.3) is 0 Å². The van der Waals surface area contributed by atoms with Crippen molar-refractivity contribution in [3.05, 3.63) is 35.4 Å². The Morgan fingerprint density at radius 1 is 0.792 bits per heavy atom. The minimum absolute atomic E-state index is 0.0101. The summed E-state index contributed by atoms with van der Waals surface area (Å²) in [5.74, 6) is -1.58. The standard InChI is InChI=1S/C16H20O8/c1-12(18)22-10-11-24-16(20)14-4-2-13(3-5-14)15(19)23-9-8-21-7-6-17/h2-5,17H,6-11H2,1H3. The molecule has 0 bridgehead atoms. The summed E-state index contributed by atoms with van der Waals surface area (Å²) in [6, 6.07) is 5.76. The first-order valence-corrected chi connectivity index (χ1v) is 7.31. The lowest BCUT2D eigenvalue weighted by atomic mass is 10.1. The fourth-order valence-electron chi connectivity index (χ4n) is 1.59. The van der Waals surface area contributed by atoms with Crippen LogP contribution in [0.1, 0.15) is 27.6 Å². The van der Waals surface area contributed by atoms with Crippen LogP contribution in [-0.2, 0) is 23.7 Å². The van der Waals surface area contributed by atoms with Gasteiger partial charge in [-0.2, -0.15) is 0 Å². The van der Waals surface area contributed by atoms with Crippen LogP contribution in [0.4, 0.5) is 0 Å². The van der Waals surface area contributed by atoms with Crippen LogP contribution in [0.2, 0.25) is 0 Å². The van der Waals surface area contributed by atoms with Gasteiger partial charge >= 0.3 is 17.9 Å². The molecule has 0 heterocycles. The molecule has 8 nitrogen and oxygen atoms in total. The van der Waals surface area contributed by atoms with Crippen LogP contribution >= 0.6 is 0 Å². The summed E-state index contributed by atoms with van der Waals surface area (Å²) >= 11 is 0. The Labute approximate surface area is 139 Å². The largest absolute Gasteiger partial charge is 0.462 e. The van der Waals surface area contributed by atoms with Gasteiger partial charge in [-0.1, -0.05) is 0 Å². The number of rotatable bonds is 10. The predicted octanol–water partition coefficient (Wildman–Crippen LogP) is 0.572. The van der Waals surface area contributed by atoms with E-state index < -0.39 is 17.9 Å². The highest BCUT2D eigenvalue weighted by Gasteiger charge is 2.11. The number of aliphatic hydroxyl groups is 1. The second kappa shape index (κ2) is 11.1. The molecule has 0 spiro atoms. The van der Waals surface area contributed by atoms with Crippen molar-refractivity contribution in [2.45, 2.75) is 6.92 Å². The summed E-state index contributed by atoms with van der Waals surface area (Å²) in [6.07, 6.45) is 0. The summed E-state index contributed by atoms with van der Waals surface area (Å²) in [5, 5.41) is 8.52. The van der Waals surface area contributed by atoms with Gasteiger partial charge in [0.2, 0.25) is 0 Å². The van der Waals surface area contributed by atoms with Crippen LogP contribution in [0.5, 0.6) is 0 Å². The predicted molar refractivity (Wildman–Crippen MR) is 81.5 cm³/mol. The number of carbonyl (C=O) groups is 3. The topological polar surface area (TPSA) is 108 Å². The molecule has 1 rings (SSSR count). The first-order chi connectivity index (χ1) is 11.5. The van der Waals surface area contributed by atoms with Gasteiger partial charge in [-0.25, -0.2) is 9.59 Å². The van der Waals surface area contributed by atoms with E-state index in [-0.39, 0.29) is 50.8 Å². The third-order valence-corrected chi connectivity index (χ3v) is 2.67. The molecule has 0 saturated carbocycles. The van der Waals surface area contributed by atoms with E-state index in [0.29, 0.717) is 0 Å². The normalized spacial score (nSPS) is 10.1. The number of hydrogen-bond acceptors (Lipinski definition) is 8. The summed E-state index contributed by atoms with van der Waals surface area (Å²) in [7, 11) is 0. The van der Waals surface area contributed by atoms with Gasteiger partial charge in [0.1, 0.15) is 19.8 Å². The van der Waals surface area contributed by atoms with Gasteiger partial charge in [0, 0.05) is 6.92 Å². The van der Waals surface area contributed by atoms with Gasteiger partial charge in [0.05, 0.1) is 30.9 Å². The molecule has 0 fully saturated rings. The zero-order chi connectivity index (χ0) is 17.8. The Morgan fingerprint density at radius 3 is 1.71 bits per heavy atom. The highest BCUT2D eigenvalue weighted by atomic mass is 16.6. The lowest BCUT2D eigenvalue weighted by Gasteiger charge is -2.07. The van der Waals surface area contributed by atoms with Crippen LogP contribution in [0, 0.1) is 0 Å². The monoisotopic (exact) mass is 340 g/mol. The van der Waals surface area contributed by atoms with E-state index in [1.54, 1.807) is 0 Å². The maximum absolute atomic E-state index is 11.7. The third kappa shape index (κ3) is 7.70. The van der Waals surface area contributed by atoms with E-state index in [4.69, 9.17) is 19.3 Å². The summed E-state index contributed by atoms with van der Waals surface area (Å²) in [6.45, 7) is 1.56. The molecule has 0 aliphatic heterocycles. The van der Waals surface area contributed by atoms with Crippen LogP contribution in [0.15, 0.2) is 24.3 Å². The summed E-state index contributed by atoms with van der Waals surface area (Å²) in [5.41, 5.74) is 0.550. The Bertz CT molecular complexity index is 538. The molecule has 1 aromatic rings. The van der Waals surface area contributed by atoms with Crippen molar-refractivity contribution in [1.82, 2.24) is 0 Å². The lowest BCUT2D eigenvalue weighted by molar-refractivity contribution is -0.142. The van der Waals surface area contributed by atoms with Crippen molar-refractivity contribution in [2.24, 2.45) is 0 Å². The summed E-state index contributed by atoms with van der Waals surface area (Å²) < 4.78 is 19.5. The van der Waals surface area contributed by atoms with Crippen molar-refractivity contribution < 1.29 is 38.4 Å². The molecule has 1 N–H and O–H groups in total. The summed E-state index contributed by atoms with van der Waals surface area (Å²) in [4.78, 5) is 34.0. The third-order valence-electron chi connectivity index (χ3n) is 2.67. The number of hydrogen-bond donors (Lipinski definition) is 1. The Morgan fingerprint density at radius 2 is 1.25 bits per heavy atom. The Kier molecular flexibility index (Phi) is 9.10. The number of carbonyl (C=O) groups excluding carboxylic acids is 3. The Hall–Kier alpha value is -2.45. The number of ether oxygens (including phenoxy) is 4. The molecule has 24 heavy (non-hydrogen) atoms. The molecule has 0 unspecified atom stereocenters. The molecule has 132 valence electrons. The van der Waals surface area contributed by atoms with Gasteiger partial charge in [-0.05, 0) is 24.3 Å². The van der Waals surface area contributed by atoms with Crippen molar-refractivity contribution in [3.63, 3.8) is 0 Å². The van der Waals surface area contributed by atoms with E-state index in [0.717, 1.165) is 0 Å². The highest BCUT2D eigenvalue weighted by Crippen LogP contribution is 2.07. The molecular weight excluding hydrogens is 320 g/mol. The molecule has 0 atom stereocenters. The van der Waals surface area contributed by atoms with E-state index in [1.165, 1.54) is 31.2 Å². The molecule has 0 aliphatic carbocycles. The second-order valence-electron chi connectivity index (χ2n) is 4.53. The average molecular weight is 340 g/mol. The number of aliphatic hydroxyl groups excluding tert-OH is 1. The number of benzene rings is 1. The SMILES string of the molecule is CC(=O)OCCOC(=O)c1ccc(C(=O)OCCOCCO)cc1. The quantitative estimate of drug-likeness (QED) is 0.374. The molecule has 1 aromatic carbocycles. The molecular formula is C16H20O8. The second-order valence-corrected chi connectivity index (χ2v) is 4.53. The van der Waals surface area contributed by atoms with E-state index in [2.05, 4.69) is 4.74 Å². The molecule has 0 saturated heterocycles. The average Bonchev–Trinajstić information content (AvgIpc) is 2.58. The minimum Gasteiger partial charge on any atom is -0.462 e. The molecule has 8 heteroatoms. The maximum Gasteiger partial charge on any atom is 0.338 e. The zero-order valence-electron chi connectivity index (χ0n) is 13.4. The van der Waals surface area contributed by atoms with Crippen molar-refractivity contribution >= 4 is 17.9 Å². The van der Waals surface area contributed by atoms with Crippen LogP contribution in [0.3, 0.4) is 0 Å². The molecule has 0 aromatic heterocycles. The van der Waals surface area contributed by atoms with Crippen molar-refractivity contribution in [2.75, 3.05) is 39.6 Å². The molecule has 0 amide bonds. The highest BCUT2D eigenvalue weighted by molar-refractivity contribution is 5.93. The van der Waals surface area contributed by atoms with E-state index in [1.807, 2.05) is 0 Å². The first-order valence-electron chi connectivity index (χ1n) is 7.31. The lowest BCUT2D eigenvalue weighted by Crippen LogP contribution is -2.14. The smallest absolute Gasteiger partial charge is 0.338 e. The van der Waals surface area contributed by atoms with Gasteiger partial charge in [-0.15, -0.1) is 0 Å². The van der Waals surface area contributed by atoms with Gasteiger partial charge < -0.3 is 24.1 Å². The van der Waals surface area contributed by atoms with Crippen LogP contribution in [-0.4, -0.2) is 62.7 Å². The fourth-order valence-corrected chi connectivity index (χ4v) is 1.59. The van der Waals surface area contributed by atoms with E-state index in [9.17, 15) is 14.4 Å². The minimum atomic E-state index is -0.584. The van der Waals surface area contributed by atoms with E-state index >= 15 is 0 Å². The molecule has 0 aliphatic rings. The van der Waals surface area contributed by atoms with Crippen LogP contribution < -0.4 is 0 Å². The van der Waals surface area contributed by atoms with Gasteiger partial charge in [0.15, 0.2) is 0 Å². The maximum atomic E-state index is 11.7. The van der Waals surface area contributed by atoms with Crippen molar-refractivity contribution in [3.8, 4) is 0 Å². The zero-order valence-corrected chi connectivity index (χ0v) is 13.4. The Balaban J connectivity index is 2.37. The first kappa shape index (κ1) is 19.6. The van der Waals surface area contributed by atoms with Gasteiger partial charge in [-0.3, -0.25) is 4.79 Å². The molecule has 0 radical (unpaired) electrons. The number of esters is 3. The van der Waals surface area contributed by atoms with Gasteiger partial charge in [0.25, 0.3) is 0 Å². The van der Waals surface area contributed by atoms with Crippen molar-refractivity contribution in [1.29, 1.82) is 0 Å².